The smallest absolute Gasteiger partial charge is 0.415 e. The second-order valence-electron chi connectivity index (χ2n) is 9.19. The van der Waals surface area contributed by atoms with E-state index in [1.807, 2.05) is 54.2 Å². The minimum atomic E-state index is -0.983. The third kappa shape index (κ3) is 11.8. The normalized spacial score (nSPS) is 11.5. The van der Waals surface area contributed by atoms with E-state index in [9.17, 15) is 14.7 Å². The van der Waals surface area contributed by atoms with Gasteiger partial charge in [0.05, 0.1) is 6.54 Å². The van der Waals surface area contributed by atoms with Gasteiger partial charge < -0.3 is 29.0 Å². The number of carboxylic acid groups (broad SMARTS) is 1. The molecule has 3 aromatic carbocycles. The number of carbonyl (C=O) groups is 2. The average molecular weight is 582 g/mol. The van der Waals surface area contributed by atoms with Crippen molar-refractivity contribution in [2.24, 2.45) is 0 Å². The number of carbonyl (C=O) groups excluding carboxylic acids is 1. The van der Waals surface area contributed by atoms with Crippen LogP contribution >= 0.6 is 11.8 Å². The summed E-state index contributed by atoms with van der Waals surface area (Å²) < 4.78 is 22.7. The number of rotatable bonds is 18. The van der Waals surface area contributed by atoms with Crippen molar-refractivity contribution < 1.29 is 33.6 Å². The van der Waals surface area contributed by atoms with Gasteiger partial charge in [-0.25, -0.2) is 9.59 Å². The number of benzene rings is 3. The quantitative estimate of drug-likeness (QED) is 0.162. The van der Waals surface area contributed by atoms with Crippen LogP contribution in [-0.2, 0) is 16.0 Å². The van der Waals surface area contributed by atoms with Gasteiger partial charge in [-0.1, -0.05) is 43.7 Å². The number of nitrogens with zero attached hydrogens (tertiary/aromatic N) is 1. The third-order valence-electron chi connectivity index (χ3n) is 6.03. The minimum Gasteiger partial charge on any atom is -0.492 e. The summed E-state index contributed by atoms with van der Waals surface area (Å²) in [6.45, 7) is 5.45. The lowest BCUT2D eigenvalue weighted by atomic mass is 10.1. The summed E-state index contributed by atoms with van der Waals surface area (Å²) in [5, 5.41) is 9.30. The van der Waals surface area contributed by atoms with E-state index in [2.05, 4.69) is 6.92 Å². The summed E-state index contributed by atoms with van der Waals surface area (Å²) in [5.74, 6) is 3.32. The maximum Gasteiger partial charge on any atom is 0.415 e. The molecule has 3 aromatic rings. The molecule has 9 heteroatoms. The summed E-state index contributed by atoms with van der Waals surface area (Å²) >= 11 is 1.82. The molecular formula is C32H39NO7S. The molecule has 0 radical (unpaired) electrons. The first-order valence-corrected chi connectivity index (χ1v) is 15.1. The van der Waals surface area contributed by atoms with E-state index in [0.29, 0.717) is 36.9 Å². The topological polar surface area (TPSA) is 94.5 Å². The van der Waals surface area contributed by atoms with E-state index >= 15 is 0 Å². The Morgan fingerprint density at radius 2 is 1.49 bits per heavy atom. The average Bonchev–Trinajstić information content (AvgIpc) is 2.98. The lowest BCUT2D eigenvalue weighted by molar-refractivity contribution is -0.149. The fraction of sp³-hybridized carbons (Fsp3) is 0.375. The van der Waals surface area contributed by atoms with Gasteiger partial charge in [-0.3, -0.25) is 0 Å². The van der Waals surface area contributed by atoms with E-state index in [1.54, 1.807) is 48.2 Å². The second-order valence-corrected chi connectivity index (χ2v) is 10.4. The van der Waals surface area contributed by atoms with Gasteiger partial charge in [-0.05, 0) is 73.2 Å². The van der Waals surface area contributed by atoms with Crippen molar-refractivity contribution >= 4 is 23.8 Å². The van der Waals surface area contributed by atoms with Crippen molar-refractivity contribution in [2.75, 3.05) is 37.8 Å². The van der Waals surface area contributed by atoms with Crippen molar-refractivity contribution in [3.8, 4) is 23.0 Å². The second kappa shape index (κ2) is 17.9. The van der Waals surface area contributed by atoms with E-state index < -0.39 is 18.2 Å². The highest BCUT2D eigenvalue weighted by Crippen LogP contribution is 2.24. The summed E-state index contributed by atoms with van der Waals surface area (Å²) in [7, 11) is 0. The summed E-state index contributed by atoms with van der Waals surface area (Å²) in [4.78, 5) is 26.1. The molecule has 220 valence electrons. The largest absolute Gasteiger partial charge is 0.492 e. The number of ether oxygens (including phenoxy) is 4. The molecule has 0 aromatic heterocycles. The Morgan fingerprint density at radius 3 is 2.15 bits per heavy atom. The van der Waals surface area contributed by atoms with Crippen molar-refractivity contribution in [1.29, 1.82) is 0 Å². The van der Waals surface area contributed by atoms with Crippen molar-refractivity contribution in [3.63, 3.8) is 0 Å². The molecule has 1 N–H and O–H groups in total. The van der Waals surface area contributed by atoms with E-state index in [0.717, 1.165) is 35.7 Å². The van der Waals surface area contributed by atoms with Gasteiger partial charge >= 0.3 is 12.1 Å². The predicted octanol–water partition coefficient (Wildman–Crippen LogP) is 6.92. The van der Waals surface area contributed by atoms with Crippen LogP contribution in [0.25, 0.3) is 0 Å². The lowest BCUT2D eigenvalue weighted by Crippen LogP contribution is -2.38. The third-order valence-corrected chi connectivity index (χ3v) is 7.08. The fourth-order valence-corrected chi connectivity index (χ4v) is 4.86. The Bertz CT molecular complexity index is 1170. The minimum absolute atomic E-state index is 0.276. The summed E-state index contributed by atoms with van der Waals surface area (Å²) in [6.07, 6.45) is 1.24. The van der Waals surface area contributed by atoms with Crippen LogP contribution in [0.4, 0.5) is 4.79 Å². The predicted molar refractivity (Wildman–Crippen MR) is 161 cm³/mol. The molecule has 0 bridgehead atoms. The molecule has 41 heavy (non-hydrogen) atoms. The Morgan fingerprint density at radius 1 is 0.829 bits per heavy atom. The van der Waals surface area contributed by atoms with Gasteiger partial charge in [0.1, 0.15) is 29.6 Å². The molecule has 3 rings (SSSR count). The molecule has 8 nitrogen and oxygen atoms in total. The molecule has 0 aliphatic heterocycles. The molecule has 1 atom stereocenters. The Labute approximate surface area is 246 Å². The Hall–Kier alpha value is -3.69. The van der Waals surface area contributed by atoms with Crippen LogP contribution in [0.1, 0.15) is 32.3 Å². The SMILES string of the molecule is CCCCSCCN(CCOc1ccc(CC(OCC)C(=O)O)cc1)C(=O)Oc1ccc(Oc2ccccc2)cc1. The fourth-order valence-electron chi connectivity index (χ4n) is 3.81. The maximum absolute atomic E-state index is 13.1. The monoisotopic (exact) mass is 581 g/mol. The van der Waals surface area contributed by atoms with Gasteiger partial charge in [-0.2, -0.15) is 11.8 Å². The van der Waals surface area contributed by atoms with Crippen LogP contribution < -0.4 is 14.2 Å². The number of thioether (sulfide) groups is 1. The zero-order chi connectivity index (χ0) is 29.3. The van der Waals surface area contributed by atoms with E-state index in [1.165, 1.54) is 0 Å². The number of carboxylic acids is 1. The van der Waals surface area contributed by atoms with Crippen LogP contribution in [0.3, 0.4) is 0 Å². The summed E-state index contributed by atoms with van der Waals surface area (Å²) in [5.41, 5.74) is 0.840. The van der Waals surface area contributed by atoms with Crippen molar-refractivity contribution in [3.05, 3.63) is 84.4 Å². The lowest BCUT2D eigenvalue weighted by Gasteiger charge is -2.22. The van der Waals surface area contributed by atoms with E-state index in [-0.39, 0.29) is 13.0 Å². The number of unbranched alkanes of at least 4 members (excludes halogenated alkanes) is 1. The molecule has 1 amide bonds. The summed E-state index contributed by atoms with van der Waals surface area (Å²) in [6, 6.07) is 23.7. The first kappa shape index (κ1) is 31.8. The highest BCUT2D eigenvalue weighted by Gasteiger charge is 2.18. The number of hydrogen-bond acceptors (Lipinski definition) is 7. The van der Waals surface area contributed by atoms with Crippen LogP contribution in [0.15, 0.2) is 78.9 Å². The van der Waals surface area contributed by atoms with Crippen LogP contribution in [0.2, 0.25) is 0 Å². The van der Waals surface area contributed by atoms with E-state index in [4.69, 9.17) is 18.9 Å². The molecular weight excluding hydrogens is 542 g/mol. The number of para-hydroxylation sites is 1. The van der Waals surface area contributed by atoms with Gasteiger partial charge in [0, 0.05) is 25.3 Å². The number of hydrogen-bond donors (Lipinski definition) is 1. The zero-order valence-corrected chi connectivity index (χ0v) is 24.5. The molecule has 1 unspecified atom stereocenters. The first-order chi connectivity index (χ1) is 20.0. The molecule has 0 saturated heterocycles. The van der Waals surface area contributed by atoms with Crippen molar-refractivity contribution in [1.82, 2.24) is 4.90 Å². The highest BCUT2D eigenvalue weighted by molar-refractivity contribution is 7.99. The molecule has 0 aliphatic rings. The molecule has 0 heterocycles. The van der Waals surface area contributed by atoms with Crippen LogP contribution in [-0.4, -0.2) is 66.0 Å². The Kier molecular flexibility index (Phi) is 13.9. The van der Waals surface area contributed by atoms with Crippen LogP contribution in [0.5, 0.6) is 23.0 Å². The van der Waals surface area contributed by atoms with Crippen LogP contribution in [0, 0.1) is 0 Å². The van der Waals surface area contributed by atoms with Gasteiger partial charge in [-0.15, -0.1) is 0 Å². The highest BCUT2D eigenvalue weighted by atomic mass is 32.2. The molecule has 0 fully saturated rings. The van der Waals surface area contributed by atoms with Gasteiger partial charge in [0.2, 0.25) is 0 Å². The first-order valence-electron chi connectivity index (χ1n) is 13.9. The van der Waals surface area contributed by atoms with Gasteiger partial charge in [0.15, 0.2) is 6.10 Å². The number of aliphatic carboxylic acids is 1. The standard InChI is InChI=1S/C32H39NO7S/c1-3-5-22-41-23-20-33(19-21-38-26-13-11-25(12-14-26)24-30(31(34)35)37-4-2)32(36)40-29-17-15-28(16-18-29)39-27-9-7-6-8-10-27/h6-18,30H,3-5,19-24H2,1-2H3,(H,34,35). The number of amides is 1. The molecule has 0 spiro atoms. The Balaban J connectivity index is 1.53. The maximum atomic E-state index is 13.1. The van der Waals surface area contributed by atoms with Crippen molar-refractivity contribution in [2.45, 2.75) is 39.2 Å². The molecule has 0 saturated carbocycles. The van der Waals surface area contributed by atoms with Gasteiger partial charge in [0.25, 0.3) is 0 Å². The zero-order valence-electron chi connectivity index (χ0n) is 23.7. The molecule has 0 aliphatic carbocycles.